The monoisotopic (exact) mass is 422 g/mol. The molecule has 0 saturated carbocycles. The predicted molar refractivity (Wildman–Crippen MR) is 137 cm³/mol. The summed E-state index contributed by atoms with van der Waals surface area (Å²) < 4.78 is 0. The molecule has 0 bridgehead atoms. The number of benzene rings is 2. The van der Waals surface area contributed by atoms with Gasteiger partial charge in [-0.05, 0) is 88.4 Å². The van der Waals surface area contributed by atoms with Crippen LogP contribution in [0.5, 0.6) is 0 Å². The Kier molecular flexibility index (Phi) is 8.53. The largest absolute Gasteiger partial charge is 0.324 e. The molecule has 0 aromatic heterocycles. The molecule has 31 heavy (non-hydrogen) atoms. The summed E-state index contributed by atoms with van der Waals surface area (Å²) in [5.41, 5.74) is 23.9. The van der Waals surface area contributed by atoms with Crippen molar-refractivity contribution in [2.75, 3.05) is 0 Å². The first kappa shape index (κ1) is 25.6. The molecule has 2 heteroatoms. The van der Waals surface area contributed by atoms with Crippen LogP contribution in [-0.4, -0.2) is 0 Å². The van der Waals surface area contributed by atoms with E-state index >= 15 is 0 Å². The van der Waals surface area contributed by atoms with Gasteiger partial charge in [-0.25, -0.2) is 0 Å². The lowest BCUT2D eigenvalue weighted by Crippen LogP contribution is -2.15. The van der Waals surface area contributed by atoms with Crippen LogP contribution in [0, 0.1) is 0 Å². The van der Waals surface area contributed by atoms with Crippen molar-refractivity contribution in [3.05, 3.63) is 68.8 Å². The van der Waals surface area contributed by atoms with Crippen LogP contribution in [0.25, 0.3) is 0 Å². The average Bonchev–Trinajstić information content (AvgIpc) is 2.65. The Morgan fingerprint density at radius 2 is 0.710 bits per heavy atom. The quantitative estimate of drug-likeness (QED) is 0.455. The summed E-state index contributed by atoms with van der Waals surface area (Å²) in [6, 6.07) is 9.71. The molecule has 0 spiro atoms. The minimum absolute atomic E-state index is 0.0502. The molecule has 0 amide bonds. The SMILES string of the molecule is CC(C)c1cc(Cc2cc(C(C)C)c([C@@H](C)N)c(C(C)C)c2)cc(C(C)C)c1[C@H](C)N. The van der Waals surface area contributed by atoms with Crippen molar-refractivity contribution in [1.29, 1.82) is 0 Å². The molecule has 2 aromatic carbocycles. The molecule has 2 nitrogen and oxygen atoms in total. The summed E-state index contributed by atoms with van der Waals surface area (Å²) in [5.74, 6) is 1.82. The van der Waals surface area contributed by atoms with Gasteiger partial charge in [0, 0.05) is 12.1 Å². The van der Waals surface area contributed by atoms with Crippen molar-refractivity contribution in [2.24, 2.45) is 11.5 Å². The van der Waals surface area contributed by atoms with Crippen molar-refractivity contribution in [2.45, 2.75) is 111 Å². The molecule has 4 N–H and O–H groups in total. The molecule has 0 fully saturated rings. The molecular formula is C29H46N2. The fraction of sp³-hybridized carbons (Fsp3) is 0.586. The van der Waals surface area contributed by atoms with Crippen LogP contribution in [-0.2, 0) is 6.42 Å². The zero-order valence-electron chi connectivity index (χ0n) is 21.6. The highest BCUT2D eigenvalue weighted by molar-refractivity contribution is 5.48. The van der Waals surface area contributed by atoms with E-state index in [9.17, 15) is 0 Å². The van der Waals surface area contributed by atoms with Crippen LogP contribution < -0.4 is 11.5 Å². The Morgan fingerprint density at radius 1 is 0.484 bits per heavy atom. The maximum atomic E-state index is 6.43. The molecule has 2 atom stereocenters. The second kappa shape index (κ2) is 10.3. The van der Waals surface area contributed by atoms with Crippen LogP contribution in [0.15, 0.2) is 24.3 Å². The fourth-order valence-electron chi connectivity index (χ4n) is 4.93. The second-order valence-corrected chi connectivity index (χ2v) is 10.7. The normalized spacial score (nSPS) is 14.2. The Bertz CT molecular complexity index is 754. The average molecular weight is 423 g/mol. The van der Waals surface area contributed by atoms with Crippen molar-refractivity contribution >= 4 is 0 Å². The van der Waals surface area contributed by atoms with Gasteiger partial charge in [0.15, 0.2) is 0 Å². The summed E-state index contributed by atoms with van der Waals surface area (Å²) in [7, 11) is 0. The molecule has 0 heterocycles. The number of nitrogens with two attached hydrogens (primary N) is 2. The van der Waals surface area contributed by atoms with Gasteiger partial charge in [-0.3, -0.25) is 0 Å². The lowest BCUT2D eigenvalue weighted by atomic mass is 9.81. The van der Waals surface area contributed by atoms with Gasteiger partial charge >= 0.3 is 0 Å². The van der Waals surface area contributed by atoms with Crippen molar-refractivity contribution in [1.82, 2.24) is 0 Å². The number of hydrogen-bond donors (Lipinski definition) is 2. The molecule has 2 aromatic rings. The van der Waals surface area contributed by atoms with Gasteiger partial charge < -0.3 is 11.5 Å². The van der Waals surface area contributed by atoms with E-state index in [-0.39, 0.29) is 12.1 Å². The first-order valence-corrected chi connectivity index (χ1v) is 12.2. The fourth-order valence-corrected chi connectivity index (χ4v) is 4.93. The zero-order valence-corrected chi connectivity index (χ0v) is 21.6. The van der Waals surface area contributed by atoms with E-state index in [1.54, 1.807) is 0 Å². The van der Waals surface area contributed by atoms with Gasteiger partial charge in [-0.15, -0.1) is 0 Å². The van der Waals surface area contributed by atoms with Crippen molar-refractivity contribution in [3.8, 4) is 0 Å². The van der Waals surface area contributed by atoms with Crippen molar-refractivity contribution in [3.63, 3.8) is 0 Å². The first-order chi connectivity index (χ1) is 14.3. The lowest BCUT2D eigenvalue weighted by Gasteiger charge is -2.26. The third kappa shape index (κ3) is 5.79. The minimum Gasteiger partial charge on any atom is -0.324 e. The highest BCUT2D eigenvalue weighted by atomic mass is 14.6. The van der Waals surface area contributed by atoms with Gasteiger partial charge in [0.25, 0.3) is 0 Å². The van der Waals surface area contributed by atoms with Gasteiger partial charge in [0.2, 0.25) is 0 Å². The van der Waals surface area contributed by atoms with E-state index in [1.165, 1.54) is 44.5 Å². The summed E-state index contributed by atoms with van der Waals surface area (Å²) in [5, 5.41) is 0. The topological polar surface area (TPSA) is 52.0 Å². The number of rotatable bonds is 8. The highest BCUT2D eigenvalue weighted by Gasteiger charge is 2.21. The smallest absolute Gasteiger partial charge is 0.0271 e. The maximum absolute atomic E-state index is 6.43. The van der Waals surface area contributed by atoms with Crippen LogP contribution >= 0.6 is 0 Å². The van der Waals surface area contributed by atoms with Crippen LogP contribution in [0.4, 0.5) is 0 Å². The number of hydrogen-bond acceptors (Lipinski definition) is 2. The van der Waals surface area contributed by atoms with Crippen LogP contribution in [0.2, 0.25) is 0 Å². The summed E-state index contributed by atoms with van der Waals surface area (Å²) in [4.78, 5) is 0. The molecular weight excluding hydrogens is 376 g/mol. The summed E-state index contributed by atoms with van der Waals surface area (Å²) >= 11 is 0. The molecule has 0 unspecified atom stereocenters. The predicted octanol–water partition coefficient (Wildman–Crippen LogP) is 7.81. The molecule has 2 rings (SSSR count). The van der Waals surface area contributed by atoms with E-state index < -0.39 is 0 Å². The van der Waals surface area contributed by atoms with Gasteiger partial charge in [0.05, 0.1) is 0 Å². The standard InChI is InChI=1S/C29H46N2/c1-16(2)24-12-22(13-25(17(3)4)28(24)20(9)30)11-23-14-26(18(5)6)29(21(10)31)27(15-23)19(7)8/h12-21H,11,30-31H2,1-10H3/t20-,21+. The van der Waals surface area contributed by atoms with E-state index in [0.29, 0.717) is 23.7 Å². The van der Waals surface area contributed by atoms with Crippen LogP contribution in [0.3, 0.4) is 0 Å². The van der Waals surface area contributed by atoms with E-state index in [2.05, 4.69) is 93.5 Å². The van der Waals surface area contributed by atoms with E-state index in [1.807, 2.05) is 0 Å². The molecule has 0 aliphatic rings. The van der Waals surface area contributed by atoms with E-state index in [4.69, 9.17) is 11.5 Å². The van der Waals surface area contributed by atoms with Gasteiger partial charge in [-0.2, -0.15) is 0 Å². The molecule has 172 valence electrons. The van der Waals surface area contributed by atoms with Gasteiger partial charge in [0.1, 0.15) is 0 Å². The van der Waals surface area contributed by atoms with Crippen LogP contribution in [0.1, 0.15) is 150 Å². The molecule has 0 saturated heterocycles. The second-order valence-electron chi connectivity index (χ2n) is 10.7. The Labute approximate surface area is 191 Å². The van der Waals surface area contributed by atoms with Gasteiger partial charge in [-0.1, -0.05) is 79.7 Å². The molecule has 0 radical (unpaired) electrons. The maximum Gasteiger partial charge on any atom is 0.0271 e. The summed E-state index contributed by atoms with van der Waals surface area (Å²) in [6.45, 7) is 22.5. The third-order valence-electron chi connectivity index (χ3n) is 6.41. The zero-order chi connectivity index (χ0) is 23.6. The third-order valence-corrected chi connectivity index (χ3v) is 6.41. The first-order valence-electron chi connectivity index (χ1n) is 12.2. The Morgan fingerprint density at radius 3 is 0.871 bits per heavy atom. The molecule has 0 aliphatic heterocycles. The Balaban J connectivity index is 2.68. The lowest BCUT2D eigenvalue weighted by molar-refractivity contribution is 0.723. The van der Waals surface area contributed by atoms with E-state index in [0.717, 1.165) is 6.42 Å². The highest BCUT2D eigenvalue weighted by Crippen LogP contribution is 2.36. The molecule has 0 aliphatic carbocycles. The minimum atomic E-state index is 0.0502. The van der Waals surface area contributed by atoms with Crippen molar-refractivity contribution < 1.29 is 0 Å². The Hall–Kier alpha value is -1.64. The summed E-state index contributed by atoms with van der Waals surface area (Å²) in [6.07, 6.45) is 0.942.